The number of anilines is 1. The number of carbonyl (C=O) groups excluding carboxylic acids is 2. The molecule has 1 N–H and O–H groups in total. The largest absolute Gasteiger partial charge is 0.497 e. The van der Waals surface area contributed by atoms with E-state index in [0.29, 0.717) is 23.7 Å². The summed E-state index contributed by atoms with van der Waals surface area (Å²) in [7, 11) is 3.07. The third-order valence-corrected chi connectivity index (χ3v) is 6.30. The summed E-state index contributed by atoms with van der Waals surface area (Å²) in [5, 5.41) is 3.69. The van der Waals surface area contributed by atoms with Crippen LogP contribution in [0.3, 0.4) is 0 Å². The summed E-state index contributed by atoms with van der Waals surface area (Å²) in [4.78, 5) is 32.0. The molecule has 2 heterocycles. The maximum absolute atomic E-state index is 12.9. The smallest absolute Gasteiger partial charge is 0.233 e. The van der Waals surface area contributed by atoms with Gasteiger partial charge in [-0.2, -0.15) is 0 Å². The molecule has 156 valence electrons. The molecular formula is C22H23N3O4S. The van der Waals surface area contributed by atoms with Crippen LogP contribution in [0.15, 0.2) is 42.5 Å². The van der Waals surface area contributed by atoms with Gasteiger partial charge in [-0.1, -0.05) is 12.1 Å². The van der Waals surface area contributed by atoms with Gasteiger partial charge in [-0.3, -0.25) is 9.59 Å². The van der Waals surface area contributed by atoms with Crippen LogP contribution in [0.25, 0.3) is 10.2 Å². The van der Waals surface area contributed by atoms with E-state index in [9.17, 15) is 9.59 Å². The van der Waals surface area contributed by atoms with Crippen LogP contribution in [0.4, 0.5) is 5.69 Å². The number of ether oxygens (including phenoxy) is 2. The van der Waals surface area contributed by atoms with E-state index in [2.05, 4.69) is 5.32 Å². The lowest BCUT2D eigenvalue weighted by atomic mass is 10.2. The molecule has 2 amide bonds. The summed E-state index contributed by atoms with van der Waals surface area (Å²) < 4.78 is 11.6. The van der Waals surface area contributed by atoms with Crippen LogP contribution >= 0.6 is 11.3 Å². The van der Waals surface area contributed by atoms with Gasteiger partial charge in [0.25, 0.3) is 0 Å². The third kappa shape index (κ3) is 4.09. The average molecular weight is 426 g/mol. The molecule has 1 aromatic heterocycles. The number of fused-ring (bicyclic) bond motifs is 1. The first-order valence-corrected chi connectivity index (χ1v) is 10.6. The molecule has 3 aromatic rings. The standard InChI is InChI=1S/C22H23N3O4S/c1-28-14-9-10-18(29-2)16(12-14)23-20(26)13-21(27)25-11-5-7-17(25)22-24-15-6-3-4-8-19(15)30-22/h3-4,6,8-10,12,17H,5,7,11,13H2,1-2H3,(H,23,26)/t17-/m0/s1. The summed E-state index contributed by atoms with van der Waals surface area (Å²) in [6, 6.07) is 13.0. The lowest BCUT2D eigenvalue weighted by Crippen LogP contribution is -2.33. The van der Waals surface area contributed by atoms with Crippen LogP contribution in [0.1, 0.15) is 30.3 Å². The molecule has 7 nitrogen and oxygen atoms in total. The van der Waals surface area contributed by atoms with Crippen molar-refractivity contribution in [1.82, 2.24) is 9.88 Å². The number of methoxy groups -OCH3 is 2. The first-order chi connectivity index (χ1) is 14.6. The minimum absolute atomic E-state index is 0.0749. The number of hydrogen-bond acceptors (Lipinski definition) is 6. The van der Waals surface area contributed by atoms with Crippen molar-refractivity contribution in [2.75, 3.05) is 26.1 Å². The predicted molar refractivity (Wildman–Crippen MR) is 116 cm³/mol. The van der Waals surface area contributed by atoms with Gasteiger partial charge in [0.2, 0.25) is 11.8 Å². The molecule has 30 heavy (non-hydrogen) atoms. The Balaban J connectivity index is 1.45. The SMILES string of the molecule is COc1ccc(OC)c(NC(=O)CC(=O)N2CCC[C@H]2c2nc3ccccc3s2)c1. The molecule has 1 atom stereocenters. The van der Waals surface area contributed by atoms with Gasteiger partial charge in [0.15, 0.2) is 0 Å². The summed E-state index contributed by atoms with van der Waals surface area (Å²) in [5.74, 6) is 0.510. The Hall–Kier alpha value is -3.13. The number of nitrogens with one attached hydrogen (secondary N) is 1. The van der Waals surface area contributed by atoms with Gasteiger partial charge in [0.1, 0.15) is 22.9 Å². The molecule has 1 aliphatic heterocycles. The number of amides is 2. The van der Waals surface area contributed by atoms with Crippen molar-refractivity contribution in [3.63, 3.8) is 0 Å². The highest BCUT2D eigenvalue weighted by Crippen LogP contribution is 2.37. The van der Waals surface area contributed by atoms with E-state index in [-0.39, 0.29) is 24.3 Å². The summed E-state index contributed by atoms with van der Waals surface area (Å²) >= 11 is 1.61. The van der Waals surface area contributed by atoms with Crippen molar-refractivity contribution < 1.29 is 19.1 Å². The fourth-order valence-corrected chi connectivity index (χ4v) is 4.81. The summed E-state index contributed by atoms with van der Waals surface area (Å²) in [6.45, 7) is 0.634. The second kappa shape index (κ2) is 8.71. The number of thiazole rings is 1. The molecule has 0 unspecified atom stereocenters. The predicted octanol–water partition coefficient (Wildman–Crippen LogP) is 4.01. The van der Waals surface area contributed by atoms with Gasteiger partial charge in [0.05, 0.1) is 36.2 Å². The Morgan fingerprint density at radius 2 is 2.03 bits per heavy atom. The van der Waals surface area contributed by atoms with Crippen molar-refractivity contribution >= 4 is 39.1 Å². The van der Waals surface area contributed by atoms with E-state index >= 15 is 0 Å². The van der Waals surface area contributed by atoms with Crippen LogP contribution in [-0.2, 0) is 9.59 Å². The molecule has 1 fully saturated rings. The van der Waals surface area contributed by atoms with E-state index in [0.717, 1.165) is 28.1 Å². The van der Waals surface area contributed by atoms with Crippen molar-refractivity contribution in [3.8, 4) is 11.5 Å². The maximum Gasteiger partial charge on any atom is 0.233 e. The van der Waals surface area contributed by atoms with Gasteiger partial charge in [-0.25, -0.2) is 4.98 Å². The van der Waals surface area contributed by atoms with Gasteiger partial charge in [-0.15, -0.1) is 11.3 Å². The quantitative estimate of drug-likeness (QED) is 0.604. The summed E-state index contributed by atoms with van der Waals surface area (Å²) in [5.41, 5.74) is 1.42. The van der Waals surface area contributed by atoms with Gasteiger partial charge in [0, 0.05) is 12.6 Å². The summed E-state index contributed by atoms with van der Waals surface area (Å²) in [6.07, 6.45) is 1.52. The molecule has 2 aromatic carbocycles. The monoisotopic (exact) mass is 425 g/mol. The highest BCUT2D eigenvalue weighted by Gasteiger charge is 2.33. The first kappa shape index (κ1) is 20.2. The van der Waals surface area contributed by atoms with E-state index < -0.39 is 0 Å². The Morgan fingerprint density at radius 1 is 1.20 bits per heavy atom. The average Bonchev–Trinajstić information content (AvgIpc) is 3.40. The molecule has 0 aliphatic carbocycles. The van der Waals surface area contributed by atoms with Crippen LogP contribution in [0.5, 0.6) is 11.5 Å². The van der Waals surface area contributed by atoms with Crippen LogP contribution in [0.2, 0.25) is 0 Å². The van der Waals surface area contributed by atoms with E-state index in [4.69, 9.17) is 14.5 Å². The number of nitrogens with zero attached hydrogens (tertiary/aromatic N) is 2. The zero-order valence-electron chi connectivity index (χ0n) is 16.9. The van der Waals surface area contributed by atoms with E-state index in [1.54, 1.807) is 41.5 Å². The number of carbonyl (C=O) groups is 2. The minimum atomic E-state index is -0.387. The molecule has 0 spiro atoms. The van der Waals surface area contributed by atoms with Crippen LogP contribution in [-0.4, -0.2) is 42.5 Å². The number of hydrogen-bond donors (Lipinski definition) is 1. The van der Waals surface area contributed by atoms with E-state index in [1.165, 1.54) is 7.11 Å². The number of para-hydroxylation sites is 1. The molecule has 4 rings (SSSR count). The lowest BCUT2D eigenvalue weighted by Gasteiger charge is -2.23. The topological polar surface area (TPSA) is 80.8 Å². The molecule has 0 saturated carbocycles. The Kier molecular flexibility index (Phi) is 5.85. The Bertz CT molecular complexity index is 1050. The van der Waals surface area contributed by atoms with Crippen molar-refractivity contribution in [3.05, 3.63) is 47.5 Å². The van der Waals surface area contributed by atoms with E-state index in [1.807, 2.05) is 24.3 Å². The van der Waals surface area contributed by atoms with Gasteiger partial charge >= 0.3 is 0 Å². The molecule has 8 heteroatoms. The number of aromatic nitrogens is 1. The highest BCUT2D eigenvalue weighted by atomic mass is 32.1. The molecular weight excluding hydrogens is 402 g/mol. The Labute approximate surface area is 178 Å². The number of likely N-dealkylation sites (tertiary alicyclic amines) is 1. The zero-order chi connectivity index (χ0) is 21.1. The highest BCUT2D eigenvalue weighted by molar-refractivity contribution is 7.18. The van der Waals surface area contributed by atoms with Crippen molar-refractivity contribution in [1.29, 1.82) is 0 Å². The zero-order valence-corrected chi connectivity index (χ0v) is 17.7. The van der Waals surface area contributed by atoms with Crippen LogP contribution < -0.4 is 14.8 Å². The molecule has 1 aliphatic rings. The van der Waals surface area contributed by atoms with Crippen molar-refractivity contribution in [2.45, 2.75) is 25.3 Å². The minimum Gasteiger partial charge on any atom is -0.497 e. The first-order valence-electron chi connectivity index (χ1n) is 9.76. The van der Waals surface area contributed by atoms with Crippen LogP contribution in [0, 0.1) is 0 Å². The van der Waals surface area contributed by atoms with Gasteiger partial charge < -0.3 is 19.7 Å². The second-order valence-electron chi connectivity index (χ2n) is 7.06. The third-order valence-electron chi connectivity index (χ3n) is 5.16. The number of benzene rings is 2. The lowest BCUT2D eigenvalue weighted by molar-refractivity contribution is -0.135. The molecule has 0 radical (unpaired) electrons. The fraction of sp³-hybridized carbons (Fsp3) is 0.318. The van der Waals surface area contributed by atoms with Crippen molar-refractivity contribution in [2.24, 2.45) is 0 Å². The van der Waals surface area contributed by atoms with Gasteiger partial charge in [-0.05, 0) is 37.1 Å². The second-order valence-corrected chi connectivity index (χ2v) is 8.12. The maximum atomic E-state index is 12.9. The Morgan fingerprint density at radius 3 is 2.80 bits per heavy atom. The molecule has 0 bridgehead atoms. The normalized spacial score (nSPS) is 15.9. The number of rotatable bonds is 6. The fourth-order valence-electron chi connectivity index (χ4n) is 3.70. The molecule has 1 saturated heterocycles.